The lowest BCUT2D eigenvalue weighted by molar-refractivity contribution is -0.124. The third-order valence-corrected chi connectivity index (χ3v) is 6.11. The van der Waals surface area contributed by atoms with Gasteiger partial charge >= 0.3 is 0 Å². The molecule has 0 saturated carbocycles. The summed E-state index contributed by atoms with van der Waals surface area (Å²) in [5, 5.41) is 2.54. The number of carbonyl (C=O) groups excluding carboxylic acids is 3. The zero-order valence-electron chi connectivity index (χ0n) is 16.4. The molecule has 0 bridgehead atoms. The van der Waals surface area contributed by atoms with E-state index in [-0.39, 0.29) is 17.4 Å². The molecule has 1 aromatic carbocycles. The summed E-state index contributed by atoms with van der Waals surface area (Å²) in [6.07, 6.45) is 4.21. The predicted octanol–water partition coefficient (Wildman–Crippen LogP) is 2.98. The minimum atomic E-state index is -0.932. The van der Waals surface area contributed by atoms with Crippen LogP contribution in [0.25, 0.3) is 0 Å². The number of halogens is 1. The van der Waals surface area contributed by atoms with E-state index in [9.17, 15) is 18.8 Å². The number of hydrazine groups is 1. The van der Waals surface area contributed by atoms with Gasteiger partial charge in [0.25, 0.3) is 17.7 Å². The second-order valence-electron chi connectivity index (χ2n) is 7.38. The molecular formula is C21H24FN3O3S. The Morgan fingerprint density at radius 1 is 1.03 bits per heavy atom. The fraction of sp³-hybridized carbons (Fsp3) is 0.381. The molecule has 0 fully saturated rings. The van der Waals surface area contributed by atoms with Crippen molar-refractivity contribution in [3.63, 3.8) is 0 Å². The highest BCUT2D eigenvalue weighted by atomic mass is 32.1. The lowest BCUT2D eigenvalue weighted by Gasteiger charge is -2.22. The summed E-state index contributed by atoms with van der Waals surface area (Å²) >= 11 is 1.44. The van der Waals surface area contributed by atoms with Crippen molar-refractivity contribution in [2.45, 2.75) is 45.6 Å². The standard InChI is InChI=1S/C21H24FN3O3S/c1-12(2)18(23-19(26)14-8-4-5-9-15(14)22)21(28)25-24-20(27)17-11-13-7-3-6-10-16(13)29-17/h4-5,8-9,11-12,18H,3,6-7,10H2,1-2H3,(H,23,26)(H,24,27)(H,25,28)/t18-/m0/s1. The third kappa shape index (κ3) is 5.00. The van der Waals surface area contributed by atoms with E-state index in [2.05, 4.69) is 16.2 Å². The Hall–Kier alpha value is -2.74. The molecule has 3 rings (SSSR count). The fourth-order valence-electron chi connectivity index (χ4n) is 3.26. The average Bonchev–Trinajstić information content (AvgIpc) is 3.14. The molecule has 0 radical (unpaired) electrons. The largest absolute Gasteiger partial charge is 0.340 e. The SMILES string of the molecule is CC(C)[C@H](NC(=O)c1ccccc1F)C(=O)NNC(=O)c1cc2c(s1)CCCC2. The summed E-state index contributed by atoms with van der Waals surface area (Å²) in [6.45, 7) is 3.50. The molecule has 6 nitrogen and oxygen atoms in total. The number of nitrogens with one attached hydrogen (secondary N) is 3. The second kappa shape index (κ2) is 9.17. The highest BCUT2D eigenvalue weighted by Gasteiger charge is 2.26. The predicted molar refractivity (Wildman–Crippen MR) is 109 cm³/mol. The highest BCUT2D eigenvalue weighted by molar-refractivity contribution is 7.14. The van der Waals surface area contributed by atoms with Crippen LogP contribution in [0.15, 0.2) is 30.3 Å². The Labute approximate surface area is 172 Å². The van der Waals surface area contributed by atoms with E-state index in [0.717, 1.165) is 25.7 Å². The first-order valence-corrected chi connectivity index (χ1v) is 10.5. The summed E-state index contributed by atoms with van der Waals surface area (Å²) in [5.41, 5.74) is 5.85. The van der Waals surface area contributed by atoms with Crippen LogP contribution in [0.5, 0.6) is 0 Å². The molecule has 2 aromatic rings. The molecule has 154 valence electrons. The molecule has 0 unspecified atom stereocenters. The van der Waals surface area contributed by atoms with Crippen LogP contribution in [0.2, 0.25) is 0 Å². The van der Waals surface area contributed by atoms with E-state index in [1.54, 1.807) is 19.9 Å². The molecule has 0 spiro atoms. The van der Waals surface area contributed by atoms with Crippen molar-refractivity contribution >= 4 is 29.1 Å². The maximum Gasteiger partial charge on any atom is 0.279 e. The van der Waals surface area contributed by atoms with Gasteiger partial charge in [-0.25, -0.2) is 4.39 Å². The maximum absolute atomic E-state index is 13.8. The van der Waals surface area contributed by atoms with Crippen LogP contribution in [0, 0.1) is 11.7 Å². The van der Waals surface area contributed by atoms with Crippen molar-refractivity contribution in [1.82, 2.24) is 16.2 Å². The summed E-state index contributed by atoms with van der Waals surface area (Å²) in [6, 6.07) is 6.50. The zero-order chi connectivity index (χ0) is 21.0. The van der Waals surface area contributed by atoms with Gasteiger partial charge in [-0.2, -0.15) is 0 Å². The monoisotopic (exact) mass is 417 g/mol. The number of thiophene rings is 1. The summed E-state index contributed by atoms with van der Waals surface area (Å²) in [4.78, 5) is 39.0. The van der Waals surface area contributed by atoms with Crippen molar-refractivity contribution in [2.24, 2.45) is 5.92 Å². The normalized spacial score (nSPS) is 14.1. The van der Waals surface area contributed by atoms with Crippen molar-refractivity contribution in [2.75, 3.05) is 0 Å². The quantitative estimate of drug-likeness (QED) is 0.654. The molecule has 1 aliphatic carbocycles. The number of hydrogen-bond donors (Lipinski definition) is 3. The first-order valence-electron chi connectivity index (χ1n) is 9.64. The Bertz CT molecular complexity index is 902. The number of aryl methyl sites for hydroxylation is 2. The Morgan fingerprint density at radius 3 is 2.45 bits per heavy atom. The van der Waals surface area contributed by atoms with E-state index in [1.807, 2.05) is 6.07 Å². The van der Waals surface area contributed by atoms with Gasteiger partial charge in [0, 0.05) is 4.88 Å². The third-order valence-electron chi connectivity index (χ3n) is 4.87. The lowest BCUT2D eigenvalue weighted by Crippen LogP contribution is -2.54. The molecule has 0 aliphatic heterocycles. The molecule has 3 N–H and O–H groups in total. The molecule has 1 atom stereocenters. The van der Waals surface area contributed by atoms with Gasteiger partial charge in [-0.1, -0.05) is 26.0 Å². The van der Waals surface area contributed by atoms with Crippen molar-refractivity contribution < 1.29 is 18.8 Å². The van der Waals surface area contributed by atoms with Gasteiger partial charge in [-0.3, -0.25) is 25.2 Å². The van der Waals surface area contributed by atoms with E-state index < -0.39 is 23.7 Å². The van der Waals surface area contributed by atoms with Gasteiger partial charge < -0.3 is 5.32 Å². The topological polar surface area (TPSA) is 87.3 Å². The van der Waals surface area contributed by atoms with Gasteiger partial charge in [-0.15, -0.1) is 11.3 Å². The van der Waals surface area contributed by atoms with Crippen LogP contribution in [-0.2, 0) is 17.6 Å². The first kappa shape index (κ1) is 21.0. The van der Waals surface area contributed by atoms with Crippen LogP contribution >= 0.6 is 11.3 Å². The zero-order valence-corrected chi connectivity index (χ0v) is 17.2. The van der Waals surface area contributed by atoms with Crippen molar-refractivity contribution in [3.8, 4) is 0 Å². The van der Waals surface area contributed by atoms with Gasteiger partial charge in [0.2, 0.25) is 0 Å². The number of hydrogen-bond acceptors (Lipinski definition) is 4. The second-order valence-corrected chi connectivity index (χ2v) is 8.52. The van der Waals surface area contributed by atoms with Gasteiger partial charge in [-0.05, 0) is 55.4 Å². The van der Waals surface area contributed by atoms with Gasteiger partial charge in [0.1, 0.15) is 11.9 Å². The van der Waals surface area contributed by atoms with E-state index >= 15 is 0 Å². The molecule has 1 aromatic heterocycles. The molecule has 1 heterocycles. The Morgan fingerprint density at radius 2 is 1.76 bits per heavy atom. The number of fused-ring (bicyclic) bond motifs is 1. The van der Waals surface area contributed by atoms with Crippen molar-refractivity contribution in [3.05, 3.63) is 57.0 Å². The number of carbonyl (C=O) groups is 3. The molecule has 8 heteroatoms. The first-order chi connectivity index (χ1) is 13.9. The van der Waals surface area contributed by atoms with Crippen LogP contribution in [-0.4, -0.2) is 23.8 Å². The molecule has 29 heavy (non-hydrogen) atoms. The Balaban J connectivity index is 1.61. The summed E-state index contributed by atoms with van der Waals surface area (Å²) < 4.78 is 13.8. The van der Waals surface area contributed by atoms with Gasteiger partial charge in [0.05, 0.1) is 10.4 Å². The fourth-order valence-corrected chi connectivity index (χ4v) is 4.41. The molecular weight excluding hydrogens is 393 g/mol. The van der Waals surface area contributed by atoms with E-state index in [0.29, 0.717) is 4.88 Å². The van der Waals surface area contributed by atoms with Crippen LogP contribution in [0.4, 0.5) is 4.39 Å². The minimum absolute atomic E-state index is 0.140. The van der Waals surface area contributed by atoms with E-state index in [1.165, 1.54) is 40.0 Å². The van der Waals surface area contributed by atoms with Crippen molar-refractivity contribution in [1.29, 1.82) is 0 Å². The van der Waals surface area contributed by atoms with Crippen LogP contribution < -0.4 is 16.2 Å². The molecule has 3 amide bonds. The number of rotatable bonds is 5. The number of amides is 3. The average molecular weight is 418 g/mol. The summed E-state index contributed by atoms with van der Waals surface area (Å²) in [5.74, 6) is -2.58. The van der Waals surface area contributed by atoms with Gasteiger partial charge in [0.15, 0.2) is 0 Å². The maximum atomic E-state index is 13.8. The highest BCUT2D eigenvalue weighted by Crippen LogP contribution is 2.29. The smallest absolute Gasteiger partial charge is 0.279 e. The van der Waals surface area contributed by atoms with Crippen LogP contribution in [0.3, 0.4) is 0 Å². The lowest BCUT2D eigenvalue weighted by atomic mass is 9.99. The van der Waals surface area contributed by atoms with Crippen LogP contribution in [0.1, 0.15) is 57.2 Å². The minimum Gasteiger partial charge on any atom is -0.340 e. The molecule has 1 aliphatic rings. The molecule has 0 saturated heterocycles. The number of benzene rings is 1. The Kier molecular flexibility index (Phi) is 6.64. The van der Waals surface area contributed by atoms with E-state index in [4.69, 9.17) is 0 Å². The summed E-state index contributed by atoms with van der Waals surface area (Å²) in [7, 11) is 0.